The summed E-state index contributed by atoms with van der Waals surface area (Å²) in [5.41, 5.74) is 8.26. The van der Waals surface area contributed by atoms with Crippen molar-refractivity contribution in [1.29, 1.82) is 0 Å². The van der Waals surface area contributed by atoms with Gasteiger partial charge in [-0.05, 0) is 24.3 Å². The number of fused-ring (bicyclic) bond motifs is 2. The van der Waals surface area contributed by atoms with Crippen molar-refractivity contribution >= 4 is 28.7 Å². The zero-order valence-corrected chi connectivity index (χ0v) is 13.8. The Hall–Kier alpha value is -3.94. The first-order valence-electron chi connectivity index (χ1n) is 8.12. The molecular formula is C19H12FN5O2. The zero-order valence-electron chi connectivity index (χ0n) is 13.8. The molecule has 0 fully saturated rings. The number of rotatable bonds is 1. The van der Waals surface area contributed by atoms with Crippen molar-refractivity contribution in [2.75, 3.05) is 10.6 Å². The van der Waals surface area contributed by atoms with Gasteiger partial charge in [0.2, 0.25) is 5.95 Å². The molecule has 132 valence electrons. The van der Waals surface area contributed by atoms with E-state index < -0.39 is 11.7 Å². The number of halogens is 1. The number of carbonyl (C=O) groups is 1. The van der Waals surface area contributed by atoms with Gasteiger partial charge in [0.15, 0.2) is 5.82 Å². The number of phenols is 1. The number of aromatic nitrogens is 3. The van der Waals surface area contributed by atoms with Gasteiger partial charge in [-0.2, -0.15) is 0 Å². The first-order valence-corrected chi connectivity index (χ1v) is 8.12. The predicted octanol–water partition coefficient (Wildman–Crippen LogP) is 3.12. The Morgan fingerprint density at radius 2 is 1.81 bits per heavy atom. The van der Waals surface area contributed by atoms with Crippen molar-refractivity contribution in [2.24, 2.45) is 0 Å². The number of anilines is 3. The average Bonchev–Trinajstić information content (AvgIpc) is 3.02. The van der Waals surface area contributed by atoms with Gasteiger partial charge in [-0.3, -0.25) is 9.69 Å². The number of hydrogen-bond acceptors (Lipinski definition) is 5. The van der Waals surface area contributed by atoms with Crippen LogP contribution in [-0.4, -0.2) is 25.6 Å². The van der Waals surface area contributed by atoms with Crippen LogP contribution in [0.5, 0.6) is 5.75 Å². The fourth-order valence-corrected chi connectivity index (χ4v) is 3.42. The highest BCUT2D eigenvalue weighted by atomic mass is 19.1. The third-order valence-electron chi connectivity index (χ3n) is 4.53. The first kappa shape index (κ1) is 15.3. The minimum absolute atomic E-state index is 0.0189. The molecule has 2 aromatic heterocycles. The van der Waals surface area contributed by atoms with Gasteiger partial charge in [0.05, 0.1) is 11.4 Å². The molecule has 7 nitrogen and oxygen atoms in total. The molecule has 0 spiro atoms. The second-order valence-electron chi connectivity index (χ2n) is 6.13. The van der Waals surface area contributed by atoms with Crippen LogP contribution in [0.4, 0.5) is 21.7 Å². The largest absolute Gasteiger partial charge is 0.508 e. The Balaban J connectivity index is 1.92. The molecule has 2 aromatic carbocycles. The van der Waals surface area contributed by atoms with Crippen LogP contribution >= 0.6 is 0 Å². The van der Waals surface area contributed by atoms with Gasteiger partial charge >= 0.3 is 0 Å². The van der Waals surface area contributed by atoms with Crippen molar-refractivity contribution in [2.45, 2.75) is 0 Å². The molecule has 3 heterocycles. The molecule has 1 amide bonds. The summed E-state index contributed by atoms with van der Waals surface area (Å²) in [5.74, 6) is -1.30. The van der Waals surface area contributed by atoms with Crippen molar-refractivity contribution in [3.05, 3.63) is 66.1 Å². The Bertz CT molecular complexity index is 1250. The van der Waals surface area contributed by atoms with E-state index in [1.807, 2.05) is 0 Å². The van der Waals surface area contributed by atoms with Crippen LogP contribution in [-0.2, 0) is 0 Å². The summed E-state index contributed by atoms with van der Waals surface area (Å²) in [6, 6.07) is 12.3. The minimum Gasteiger partial charge on any atom is -0.508 e. The molecule has 0 saturated carbocycles. The Morgan fingerprint density at radius 1 is 1.04 bits per heavy atom. The van der Waals surface area contributed by atoms with E-state index in [1.54, 1.807) is 36.5 Å². The van der Waals surface area contributed by atoms with E-state index in [2.05, 4.69) is 10.1 Å². The van der Waals surface area contributed by atoms with Crippen molar-refractivity contribution < 1.29 is 14.3 Å². The number of nitrogens with zero attached hydrogens (tertiary/aromatic N) is 4. The summed E-state index contributed by atoms with van der Waals surface area (Å²) in [6.45, 7) is 0. The third-order valence-corrected chi connectivity index (χ3v) is 4.53. The summed E-state index contributed by atoms with van der Waals surface area (Å²) in [6.07, 6.45) is 1.64. The van der Waals surface area contributed by atoms with Crippen LogP contribution in [0.15, 0.2) is 54.7 Å². The van der Waals surface area contributed by atoms with Crippen molar-refractivity contribution in [3.63, 3.8) is 0 Å². The highest BCUT2D eigenvalue weighted by Gasteiger charge is 2.32. The fraction of sp³-hybridized carbons (Fsp3) is 0. The van der Waals surface area contributed by atoms with Crippen molar-refractivity contribution in [3.8, 4) is 17.0 Å². The third kappa shape index (κ3) is 2.10. The van der Waals surface area contributed by atoms with Crippen molar-refractivity contribution in [1.82, 2.24) is 14.6 Å². The van der Waals surface area contributed by atoms with E-state index in [1.165, 1.54) is 21.5 Å². The van der Waals surface area contributed by atoms with Crippen LogP contribution in [0, 0.1) is 5.82 Å². The Morgan fingerprint density at radius 3 is 2.59 bits per heavy atom. The molecule has 0 saturated heterocycles. The molecule has 0 radical (unpaired) electrons. The smallest absolute Gasteiger partial charge is 0.263 e. The summed E-state index contributed by atoms with van der Waals surface area (Å²) in [7, 11) is 0. The maximum Gasteiger partial charge on any atom is 0.263 e. The topological polar surface area (TPSA) is 96.8 Å². The number of benzene rings is 2. The molecule has 5 rings (SSSR count). The van der Waals surface area contributed by atoms with E-state index in [0.717, 1.165) is 6.07 Å². The van der Waals surface area contributed by atoms with Gasteiger partial charge in [-0.15, -0.1) is 5.10 Å². The highest BCUT2D eigenvalue weighted by Crippen LogP contribution is 2.42. The number of phenolic OH excluding ortho intramolecular Hbond substituents is 1. The maximum atomic E-state index is 14.6. The molecule has 4 aromatic rings. The van der Waals surface area contributed by atoms with E-state index in [-0.39, 0.29) is 17.4 Å². The quantitative estimate of drug-likeness (QED) is 0.543. The van der Waals surface area contributed by atoms with E-state index in [0.29, 0.717) is 28.0 Å². The molecule has 8 heteroatoms. The standard InChI is InChI=1S/C19H12FN5O2/c20-13-9-10(26)5-6-14(13)25-15-7-8-24-17(15)16(22-19(21)23-24)11-3-1-2-4-12(11)18(25)27/h1-9,26H,(H2,21,23). The first-order chi connectivity index (χ1) is 13.0. The van der Waals surface area contributed by atoms with E-state index >= 15 is 0 Å². The number of nitrogens with two attached hydrogens (primary N) is 1. The molecule has 0 aliphatic carbocycles. The second kappa shape index (κ2) is 5.28. The maximum absolute atomic E-state index is 14.6. The number of aromatic hydroxyl groups is 1. The van der Waals surface area contributed by atoms with Crippen LogP contribution in [0.3, 0.4) is 0 Å². The lowest BCUT2D eigenvalue weighted by Gasteiger charge is -2.22. The summed E-state index contributed by atoms with van der Waals surface area (Å²) >= 11 is 0. The summed E-state index contributed by atoms with van der Waals surface area (Å²) in [4.78, 5) is 19.0. The number of hydrogen-bond donors (Lipinski definition) is 2. The lowest BCUT2D eigenvalue weighted by Crippen LogP contribution is -2.26. The van der Waals surface area contributed by atoms with Crippen LogP contribution < -0.4 is 10.6 Å². The van der Waals surface area contributed by atoms with Crippen LogP contribution in [0.2, 0.25) is 0 Å². The lowest BCUT2D eigenvalue weighted by atomic mass is 10.0. The molecule has 1 aliphatic rings. The van der Waals surface area contributed by atoms with Gasteiger partial charge in [0.25, 0.3) is 5.91 Å². The SMILES string of the molecule is Nc1nc2c3c(ccn3n1)N(c1ccc(O)cc1F)C(=O)c1ccccc1-2. The summed E-state index contributed by atoms with van der Waals surface area (Å²) in [5, 5.41) is 13.7. The molecule has 0 unspecified atom stereocenters. The second-order valence-corrected chi connectivity index (χ2v) is 6.13. The minimum atomic E-state index is -0.722. The molecule has 0 bridgehead atoms. The average molecular weight is 361 g/mol. The fourth-order valence-electron chi connectivity index (χ4n) is 3.42. The van der Waals surface area contributed by atoms with Crippen LogP contribution in [0.25, 0.3) is 16.8 Å². The van der Waals surface area contributed by atoms with Gasteiger partial charge in [-0.25, -0.2) is 13.9 Å². The van der Waals surface area contributed by atoms with Gasteiger partial charge in [-0.1, -0.05) is 18.2 Å². The zero-order chi connectivity index (χ0) is 18.7. The molecule has 27 heavy (non-hydrogen) atoms. The monoisotopic (exact) mass is 361 g/mol. The summed E-state index contributed by atoms with van der Waals surface area (Å²) < 4.78 is 16.2. The van der Waals surface area contributed by atoms with E-state index in [4.69, 9.17) is 5.73 Å². The number of amides is 1. The Kier molecular flexibility index (Phi) is 3.00. The Labute approximate surface area is 152 Å². The van der Waals surface area contributed by atoms with E-state index in [9.17, 15) is 14.3 Å². The van der Waals surface area contributed by atoms with Gasteiger partial charge < -0.3 is 10.8 Å². The van der Waals surface area contributed by atoms with Gasteiger partial charge in [0.1, 0.15) is 17.0 Å². The van der Waals surface area contributed by atoms with Crippen LogP contribution in [0.1, 0.15) is 10.4 Å². The highest BCUT2D eigenvalue weighted by molar-refractivity contribution is 6.19. The normalized spacial score (nSPS) is 12.9. The molecule has 0 atom stereocenters. The molecular weight excluding hydrogens is 349 g/mol. The van der Waals surface area contributed by atoms with Gasteiger partial charge in [0, 0.05) is 23.4 Å². The number of nitrogen functional groups attached to an aromatic ring is 1. The molecule has 1 aliphatic heterocycles. The number of carbonyl (C=O) groups excluding carboxylic acids is 1. The lowest BCUT2D eigenvalue weighted by molar-refractivity contribution is 0.0999. The predicted molar refractivity (Wildman–Crippen MR) is 97.4 cm³/mol. The molecule has 3 N–H and O–H groups in total.